The minimum Gasteiger partial charge on any atom is -0.493 e. The fourth-order valence-corrected chi connectivity index (χ4v) is 9.55. The second kappa shape index (κ2) is 9.20. The molecule has 9 nitrogen and oxygen atoms in total. The Labute approximate surface area is 239 Å². The minimum absolute atomic E-state index is 0.193. The van der Waals surface area contributed by atoms with Crippen LogP contribution in [-0.2, 0) is 26.7 Å². The number of piperidine rings is 1. The minimum atomic E-state index is -3.87. The molecule has 1 saturated heterocycles. The number of nitrogens with zero attached hydrogens (tertiary/aromatic N) is 2. The largest absolute Gasteiger partial charge is 0.493 e. The number of furan rings is 1. The highest BCUT2D eigenvalue weighted by molar-refractivity contribution is 7.89. The van der Waals surface area contributed by atoms with Gasteiger partial charge in [-0.05, 0) is 61.6 Å². The van der Waals surface area contributed by atoms with Crippen LogP contribution in [-0.4, -0.2) is 73.1 Å². The number of hydrogen-bond acceptors (Lipinski definition) is 7. The van der Waals surface area contributed by atoms with E-state index in [1.165, 1.54) is 10.4 Å². The molecule has 4 aliphatic rings. The van der Waals surface area contributed by atoms with Crippen molar-refractivity contribution in [3.63, 3.8) is 0 Å². The van der Waals surface area contributed by atoms with Crippen LogP contribution in [0.25, 0.3) is 6.08 Å². The lowest BCUT2D eigenvalue weighted by Gasteiger charge is -2.64. The van der Waals surface area contributed by atoms with Crippen molar-refractivity contribution in [2.75, 3.05) is 20.7 Å². The van der Waals surface area contributed by atoms with Crippen molar-refractivity contribution in [1.82, 2.24) is 9.21 Å². The predicted octanol–water partition coefficient (Wildman–Crippen LogP) is 3.37. The van der Waals surface area contributed by atoms with Gasteiger partial charge in [-0.1, -0.05) is 24.3 Å². The third-order valence-electron chi connectivity index (χ3n) is 9.74. The SMILES string of the molecule is COc1ccc2c3c1O[C@H]1[C@H](N(C)C(=O)/C=C\c4ccoc4)CC[C@@]4(O)[C@@H](C2)N(S(=O)(=O)c2ccccc2)CCC314. The van der Waals surface area contributed by atoms with Crippen LogP contribution >= 0.6 is 0 Å². The van der Waals surface area contributed by atoms with E-state index >= 15 is 0 Å². The highest BCUT2D eigenvalue weighted by atomic mass is 32.2. The van der Waals surface area contributed by atoms with E-state index < -0.39 is 33.2 Å². The van der Waals surface area contributed by atoms with E-state index in [0.29, 0.717) is 37.2 Å². The fraction of sp³-hybridized carbons (Fsp3) is 0.387. The van der Waals surface area contributed by atoms with Gasteiger partial charge in [0.1, 0.15) is 6.10 Å². The molecule has 10 heteroatoms. The number of carbonyl (C=O) groups excluding carboxylic acids is 1. The molecule has 7 rings (SSSR count). The highest BCUT2D eigenvalue weighted by Crippen LogP contribution is 2.66. The van der Waals surface area contributed by atoms with Crippen molar-refractivity contribution in [3.05, 3.63) is 83.8 Å². The molecule has 41 heavy (non-hydrogen) atoms. The van der Waals surface area contributed by atoms with Crippen LogP contribution in [0, 0.1) is 0 Å². The molecule has 1 unspecified atom stereocenters. The van der Waals surface area contributed by atoms with Gasteiger partial charge in [0.05, 0.1) is 47.6 Å². The first-order chi connectivity index (χ1) is 19.7. The molecule has 1 amide bonds. The molecule has 3 heterocycles. The second-order valence-corrected chi connectivity index (χ2v) is 13.3. The zero-order valence-corrected chi connectivity index (χ0v) is 23.7. The van der Waals surface area contributed by atoms with Gasteiger partial charge < -0.3 is 23.9 Å². The number of rotatable bonds is 6. The van der Waals surface area contributed by atoms with Gasteiger partial charge >= 0.3 is 0 Å². The van der Waals surface area contributed by atoms with Gasteiger partial charge in [0.25, 0.3) is 0 Å². The second-order valence-electron chi connectivity index (χ2n) is 11.4. The molecule has 2 aliphatic carbocycles. The number of aliphatic hydroxyl groups is 1. The summed E-state index contributed by atoms with van der Waals surface area (Å²) < 4.78 is 46.9. The standard InChI is InChI=1S/C31H32N2O7S/c1-32(26(34)11-8-20-13-17-39-19-20)23-12-14-31(35)25-18-21-9-10-24(38-2)28-27(21)30(31,29(23)40-28)15-16-33(25)41(36,37)22-6-4-3-5-7-22/h3-11,13,17,19,23,25,29,35H,12,14-16,18H2,1-2H3/b11-8-/t23-,25-,29+,30?,31-/m1/s1. The molecule has 2 aromatic carbocycles. The molecule has 5 atom stereocenters. The van der Waals surface area contributed by atoms with E-state index in [0.717, 1.165) is 16.7 Å². The Bertz CT molecular complexity index is 1640. The maximum atomic E-state index is 13.9. The number of benzene rings is 2. The molecule has 2 fully saturated rings. The van der Waals surface area contributed by atoms with Gasteiger partial charge in [0, 0.05) is 30.8 Å². The number of methoxy groups -OCH3 is 1. The topological polar surface area (TPSA) is 110 Å². The summed E-state index contributed by atoms with van der Waals surface area (Å²) in [6.07, 6.45) is 7.24. The first kappa shape index (κ1) is 26.3. The summed E-state index contributed by atoms with van der Waals surface area (Å²) >= 11 is 0. The summed E-state index contributed by atoms with van der Waals surface area (Å²) in [5.41, 5.74) is 0.334. The summed E-state index contributed by atoms with van der Waals surface area (Å²) in [5, 5.41) is 12.8. The van der Waals surface area contributed by atoms with Crippen molar-refractivity contribution >= 4 is 22.0 Å². The van der Waals surface area contributed by atoms with Crippen LogP contribution in [0.4, 0.5) is 0 Å². The summed E-state index contributed by atoms with van der Waals surface area (Å²) in [6, 6.07) is 12.9. The fourth-order valence-electron chi connectivity index (χ4n) is 7.86. The Morgan fingerprint density at radius 2 is 1.98 bits per heavy atom. The number of likely N-dealkylation sites (N-methyl/N-ethyl adjacent to an activating group) is 1. The van der Waals surface area contributed by atoms with Crippen molar-refractivity contribution in [3.8, 4) is 11.5 Å². The van der Waals surface area contributed by atoms with Crippen LogP contribution in [0.2, 0.25) is 0 Å². The average Bonchev–Trinajstić information content (AvgIpc) is 3.62. The normalized spacial score (nSPS) is 30.1. The summed E-state index contributed by atoms with van der Waals surface area (Å²) in [7, 11) is -0.524. The maximum absolute atomic E-state index is 13.9. The molecule has 214 valence electrons. The smallest absolute Gasteiger partial charge is 0.246 e. The van der Waals surface area contributed by atoms with Gasteiger partial charge in [-0.25, -0.2) is 8.42 Å². The Kier molecular flexibility index (Phi) is 5.91. The molecular weight excluding hydrogens is 544 g/mol. The van der Waals surface area contributed by atoms with E-state index in [9.17, 15) is 18.3 Å². The van der Waals surface area contributed by atoms with E-state index in [4.69, 9.17) is 13.9 Å². The van der Waals surface area contributed by atoms with Gasteiger partial charge in [-0.2, -0.15) is 4.31 Å². The molecule has 1 saturated carbocycles. The molecule has 1 N–H and O–H groups in total. The summed E-state index contributed by atoms with van der Waals surface area (Å²) in [4.78, 5) is 15.3. The van der Waals surface area contributed by atoms with Crippen molar-refractivity contribution in [2.45, 2.75) is 59.8 Å². The van der Waals surface area contributed by atoms with Crippen molar-refractivity contribution < 1.29 is 32.2 Å². The molecule has 2 aliphatic heterocycles. The van der Waals surface area contributed by atoms with Crippen molar-refractivity contribution in [2.24, 2.45) is 0 Å². The molecule has 2 bridgehead atoms. The van der Waals surface area contributed by atoms with Gasteiger partial charge in [0.15, 0.2) is 11.5 Å². The third kappa shape index (κ3) is 3.53. The van der Waals surface area contributed by atoms with Crippen LogP contribution in [0.15, 0.2) is 76.4 Å². The Morgan fingerprint density at radius 3 is 2.71 bits per heavy atom. The third-order valence-corrected chi connectivity index (χ3v) is 11.7. The molecule has 0 radical (unpaired) electrons. The van der Waals surface area contributed by atoms with Crippen LogP contribution < -0.4 is 9.47 Å². The lowest BCUT2D eigenvalue weighted by atomic mass is 9.48. The van der Waals surface area contributed by atoms with E-state index in [-0.39, 0.29) is 23.4 Å². The van der Waals surface area contributed by atoms with Gasteiger partial charge in [0.2, 0.25) is 15.9 Å². The van der Waals surface area contributed by atoms with Crippen LogP contribution in [0.1, 0.15) is 36.0 Å². The molecular formula is C31H32N2O7S. The zero-order chi connectivity index (χ0) is 28.6. The summed E-state index contributed by atoms with van der Waals surface area (Å²) in [6.45, 7) is 0.227. The van der Waals surface area contributed by atoms with Gasteiger partial charge in [-0.15, -0.1) is 0 Å². The molecule has 1 spiro atoms. The lowest BCUT2D eigenvalue weighted by molar-refractivity contribution is -0.186. The monoisotopic (exact) mass is 576 g/mol. The van der Waals surface area contributed by atoms with Crippen LogP contribution in [0.3, 0.4) is 0 Å². The maximum Gasteiger partial charge on any atom is 0.246 e. The highest BCUT2D eigenvalue weighted by Gasteiger charge is 2.74. The van der Waals surface area contributed by atoms with Crippen LogP contribution in [0.5, 0.6) is 11.5 Å². The lowest BCUT2D eigenvalue weighted by Crippen LogP contribution is -2.78. The zero-order valence-electron chi connectivity index (χ0n) is 22.9. The number of hydrogen-bond donors (Lipinski definition) is 1. The number of amides is 1. The van der Waals surface area contributed by atoms with E-state index in [2.05, 4.69) is 0 Å². The quantitative estimate of drug-likeness (QED) is 0.448. The molecule has 3 aromatic rings. The van der Waals surface area contributed by atoms with Gasteiger partial charge in [-0.3, -0.25) is 4.79 Å². The van der Waals surface area contributed by atoms with E-state index in [1.54, 1.807) is 74.1 Å². The first-order valence-electron chi connectivity index (χ1n) is 13.9. The van der Waals surface area contributed by atoms with Crippen molar-refractivity contribution in [1.29, 1.82) is 0 Å². The first-order valence-corrected chi connectivity index (χ1v) is 15.3. The number of sulfonamides is 1. The predicted molar refractivity (Wildman–Crippen MR) is 150 cm³/mol. The Morgan fingerprint density at radius 1 is 1.17 bits per heavy atom. The molecule has 1 aromatic heterocycles. The number of ether oxygens (including phenoxy) is 2. The average molecular weight is 577 g/mol. The Hall–Kier alpha value is -3.60. The number of carbonyl (C=O) groups is 1. The summed E-state index contributed by atoms with van der Waals surface area (Å²) in [5.74, 6) is 0.967. The van der Waals surface area contributed by atoms with E-state index in [1.807, 2.05) is 12.1 Å². The Balaban J connectivity index is 1.32.